The first-order valence-electron chi connectivity index (χ1n) is 9.68. The predicted molar refractivity (Wildman–Crippen MR) is 115 cm³/mol. The molecule has 1 saturated heterocycles. The number of imide groups is 2. The molecule has 1 atom stereocenters. The molecule has 30 heavy (non-hydrogen) atoms. The van der Waals surface area contributed by atoms with Crippen LogP contribution in [0.1, 0.15) is 22.6 Å². The van der Waals surface area contributed by atoms with Gasteiger partial charge in [0.2, 0.25) is 5.91 Å². The minimum Gasteiger partial charge on any atom is -0.276 e. The molecule has 1 aliphatic heterocycles. The third-order valence-electron chi connectivity index (χ3n) is 5.35. The fraction of sp³-hybridized carbons (Fsp3) is 0.217. The minimum absolute atomic E-state index is 0.234. The zero-order valence-corrected chi connectivity index (χ0v) is 17.3. The highest BCUT2D eigenvalue weighted by molar-refractivity contribution is 7.09. The Balaban J connectivity index is 1.73. The molecule has 1 aromatic carbocycles. The highest BCUT2D eigenvalue weighted by atomic mass is 32.1. The summed E-state index contributed by atoms with van der Waals surface area (Å²) in [7, 11) is 0. The van der Waals surface area contributed by atoms with E-state index in [-0.39, 0.29) is 12.8 Å². The van der Waals surface area contributed by atoms with Crippen molar-refractivity contribution in [3.05, 3.63) is 82.3 Å². The van der Waals surface area contributed by atoms with Crippen LogP contribution in [0.2, 0.25) is 0 Å². The first-order valence-corrected chi connectivity index (χ1v) is 10.6. The molecule has 0 spiro atoms. The summed E-state index contributed by atoms with van der Waals surface area (Å²) in [5, 5.41) is 4.34. The van der Waals surface area contributed by atoms with E-state index in [1.807, 2.05) is 54.8 Å². The SMILES string of the molecule is Cc1ccc(N2C(=O)NC(=O)[C@@](CCc3ccccn3)(Cc3cccs3)C2=O)cc1. The summed E-state index contributed by atoms with van der Waals surface area (Å²) in [5.41, 5.74) is 0.868. The summed E-state index contributed by atoms with van der Waals surface area (Å²) in [6.07, 6.45) is 2.62. The summed E-state index contributed by atoms with van der Waals surface area (Å²) >= 11 is 1.49. The molecule has 0 unspecified atom stereocenters. The highest BCUT2D eigenvalue weighted by Gasteiger charge is 2.54. The average Bonchev–Trinajstić information content (AvgIpc) is 3.25. The van der Waals surface area contributed by atoms with Gasteiger partial charge >= 0.3 is 6.03 Å². The Labute approximate surface area is 178 Å². The van der Waals surface area contributed by atoms with Crippen molar-refractivity contribution in [2.75, 3.05) is 4.90 Å². The molecule has 0 saturated carbocycles. The number of thiophene rings is 1. The normalized spacial score (nSPS) is 19.1. The lowest BCUT2D eigenvalue weighted by Crippen LogP contribution is -2.65. The fourth-order valence-electron chi connectivity index (χ4n) is 3.67. The number of urea groups is 1. The van der Waals surface area contributed by atoms with Crippen molar-refractivity contribution in [1.29, 1.82) is 0 Å². The van der Waals surface area contributed by atoms with Crippen LogP contribution < -0.4 is 10.2 Å². The van der Waals surface area contributed by atoms with Crippen LogP contribution in [-0.4, -0.2) is 22.8 Å². The maximum Gasteiger partial charge on any atom is 0.335 e. The van der Waals surface area contributed by atoms with Gasteiger partial charge in [-0.2, -0.15) is 0 Å². The monoisotopic (exact) mass is 419 g/mol. The van der Waals surface area contributed by atoms with Gasteiger partial charge in [-0.1, -0.05) is 29.8 Å². The Morgan fingerprint density at radius 3 is 2.50 bits per heavy atom. The van der Waals surface area contributed by atoms with E-state index in [9.17, 15) is 14.4 Å². The van der Waals surface area contributed by atoms with Crippen molar-refractivity contribution in [3.63, 3.8) is 0 Å². The molecule has 3 aromatic rings. The number of benzene rings is 1. The molecule has 3 heterocycles. The third-order valence-corrected chi connectivity index (χ3v) is 6.23. The Kier molecular flexibility index (Phi) is 5.46. The van der Waals surface area contributed by atoms with E-state index in [0.29, 0.717) is 12.1 Å². The number of carbonyl (C=O) groups excluding carboxylic acids is 3. The topological polar surface area (TPSA) is 79.4 Å². The van der Waals surface area contributed by atoms with Crippen LogP contribution in [0.5, 0.6) is 0 Å². The number of carbonyl (C=O) groups is 3. The zero-order valence-electron chi connectivity index (χ0n) is 16.5. The maximum atomic E-state index is 13.7. The molecular formula is C23H21N3O3S. The Bertz CT molecular complexity index is 1060. The molecule has 2 aromatic heterocycles. The van der Waals surface area contributed by atoms with Crippen molar-refractivity contribution in [3.8, 4) is 0 Å². The van der Waals surface area contributed by atoms with Crippen LogP contribution in [0.4, 0.5) is 10.5 Å². The van der Waals surface area contributed by atoms with Gasteiger partial charge in [-0.05, 0) is 55.5 Å². The average molecular weight is 420 g/mol. The summed E-state index contributed by atoms with van der Waals surface area (Å²) in [5.74, 6) is -1.05. The van der Waals surface area contributed by atoms with Crippen LogP contribution >= 0.6 is 11.3 Å². The summed E-state index contributed by atoms with van der Waals surface area (Å²) in [6, 6.07) is 15.7. The third kappa shape index (κ3) is 3.76. The van der Waals surface area contributed by atoms with Crippen molar-refractivity contribution in [1.82, 2.24) is 10.3 Å². The van der Waals surface area contributed by atoms with Crippen LogP contribution in [0.25, 0.3) is 0 Å². The molecule has 7 heteroatoms. The zero-order chi connectivity index (χ0) is 21.1. The number of nitrogens with one attached hydrogen (secondary N) is 1. The van der Waals surface area contributed by atoms with E-state index in [0.717, 1.165) is 21.0 Å². The van der Waals surface area contributed by atoms with Gasteiger partial charge in [-0.25, -0.2) is 9.69 Å². The number of nitrogens with zero attached hydrogens (tertiary/aromatic N) is 2. The van der Waals surface area contributed by atoms with Gasteiger partial charge in [-0.3, -0.25) is 19.9 Å². The highest BCUT2D eigenvalue weighted by Crippen LogP contribution is 2.37. The van der Waals surface area contributed by atoms with Gasteiger partial charge in [0.15, 0.2) is 0 Å². The van der Waals surface area contributed by atoms with E-state index < -0.39 is 23.3 Å². The molecule has 4 rings (SSSR count). The lowest BCUT2D eigenvalue weighted by atomic mass is 9.75. The second-order valence-electron chi connectivity index (χ2n) is 7.39. The molecule has 152 valence electrons. The van der Waals surface area contributed by atoms with Gasteiger partial charge in [-0.15, -0.1) is 11.3 Å². The van der Waals surface area contributed by atoms with Crippen molar-refractivity contribution in [2.45, 2.75) is 26.2 Å². The number of rotatable bonds is 6. The van der Waals surface area contributed by atoms with E-state index in [1.54, 1.807) is 18.3 Å². The number of pyridine rings is 1. The first kappa shape index (κ1) is 20.0. The minimum atomic E-state index is -1.39. The standard InChI is InChI=1S/C23H21N3O3S/c1-16-7-9-18(10-8-16)26-21(28)23(20(27)25-22(26)29,15-19-6-4-14-30-19)12-11-17-5-2-3-13-24-17/h2-10,13-14H,11-12,15H2,1H3,(H,25,27,29)/t23-/m1/s1. The molecule has 1 aliphatic rings. The van der Waals surface area contributed by atoms with Crippen LogP contribution in [-0.2, 0) is 22.4 Å². The molecule has 1 N–H and O–H groups in total. The smallest absolute Gasteiger partial charge is 0.276 e. The van der Waals surface area contributed by atoms with Crippen molar-refractivity contribution in [2.24, 2.45) is 5.41 Å². The van der Waals surface area contributed by atoms with Crippen molar-refractivity contribution >= 4 is 34.9 Å². The van der Waals surface area contributed by atoms with Gasteiger partial charge in [0.05, 0.1) is 5.69 Å². The quantitative estimate of drug-likeness (QED) is 0.615. The number of hydrogen-bond donors (Lipinski definition) is 1. The molecule has 1 fully saturated rings. The Morgan fingerprint density at radius 1 is 1.03 bits per heavy atom. The summed E-state index contributed by atoms with van der Waals surface area (Å²) in [6.45, 7) is 1.93. The van der Waals surface area contributed by atoms with Gasteiger partial charge in [0.1, 0.15) is 5.41 Å². The first-order chi connectivity index (χ1) is 14.5. The number of hydrogen-bond acceptors (Lipinski definition) is 5. The summed E-state index contributed by atoms with van der Waals surface area (Å²) < 4.78 is 0. The number of aryl methyl sites for hydroxylation is 2. The second-order valence-corrected chi connectivity index (χ2v) is 8.43. The number of barbiturate groups is 1. The van der Waals surface area contributed by atoms with Crippen LogP contribution in [0, 0.1) is 12.3 Å². The number of aromatic nitrogens is 1. The lowest BCUT2D eigenvalue weighted by Gasteiger charge is -2.39. The van der Waals surface area contributed by atoms with E-state index in [1.165, 1.54) is 11.3 Å². The number of anilines is 1. The Morgan fingerprint density at radius 2 is 1.83 bits per heavy atom. The van der Waals surface area contributed by atoms with Crippen LogP contribution in [0.3, 0.4) is 0 Å². The van der Waals surface area contributed by atoms with Gasteiger partial charge < -0.3 is 0 Å². The summed E-state index contributed by atoms with van der Waals surface area (Å²) in [4.78, 5) is 45.8. The molecule has 0 aliphatic carbocycles. The second kappa shape index (κ2) is 8.20. The molecule has 0 radical (unpaired) electrons. The lowest BCUT2D eigenvalue weighted by molar-refractivity contribution is -0.143. The molecule has 0 bridgehead atoms. The van der Waals surface area contributed by atoms with E-state index in [2.05, 4.69) is 10.3 Å². The largest absolute Gasteiger partial charge is 0.335 e. The predicted octanol–water partition coefficient (Wildman–Crippen LogP) is 3.90. The molecule has 6 nitrogen and oxygen atoms in total. The van der Waals surface area contributed by atoms with Gasteiger partial charge in [0, 0.05) is 23.2 Å². The maximum absolute atomic E-state index is 13.7. The molecular weight excluding hydrogens is 398 g/mol. The fourth-order valence-corrected chi connectivity index (χ4v) is 4.49. The van der Waals surface area contributed by atoms with Crippen LogP contribution in [0.15, 0.2) is 66.2 Å². The molecule has 4 amide bonds. The van der Waals surface area contributed by atoms with E-state index in [4.69, 9.17) is 0 Å². The Hall–Kier alpha value is -3.32. The van der Waals surface area contributed by atoms with Crippen molar-refractivity contribution < 1.29 is 14.4 Å². The van der Waals surface area contributed by atoms with Gasteiger partial charge in [0.25, 0.3) is 5.91 Å². The number of amides is 4. The van der Waals surface area contributed by atoms with E-state index >= 15 is 0 Å².